The van der Waals surface area contributed by atoms with E-state index in [1.807, 2.05) is 0 Å². The molecule has 0 atom stereocenters. The Hall–Kier alpha value is -3.55. The van der Waals surface area contributed by atoms with E-state index in [1.165, 1.54) is 4.90 Å². The molecule has 0 radical (unpaired) electrons. The maximum Gasteiger partial charge on any atom is 0.271 e. The summed E-state index contributed by atoms with van der Waals surface area (Å²) >= 11 is 0. The van der Waals surface area contributed by atoms with Crippen LogP contribution in [0.15, 0.2) is 42.5 Å². The molecular formula is C25H29N3O5. The number of anilines is 2. The molecule has 2 aromatic rings. The molecular weight excluding hydrogens is 422 g/mol. The predicted octanol–water partition coefficient (Wildman–Crippen LogP) is 3.51. The van der Waals surface area contributed by atoms with Gasteiger partial charge in [0, 0.05) is 17.3 Å². The summed E-state index contributed by atoms with van der Waals surface area (Å²) in [6.07, 6.45) is 4.18. The van der Waals surface area contributed by atoms with Crippen molar-refractivity contribution in [1.82, 2.24) is 5.32 Å². The number of benzene rings is 2. The van der Waals surface area contributed by atoms with E-state index in [0.717, 1.165) is 25.7 Å². The van der Waals surface area contributed by atoms with Gasteiger partial charge in [0.15, 0.2) is 5.60 Å². The lowest BCUT2D eigenvalue weighted by Gasteiger charge is -2.38. The van der Waals surface area contributed by atoms with Crippen molar-refractivity contribution in [2.75, 3.05) is 23.9 Å². The number of amides is 3. The number of nitrogens with zero attached hydrogens (tertiary/aromatic N) is 1. The van der Waals surface area contributed by atoms with Gasteiger partial charge in [0.1, 0.15) is 18.0 Å². The van der Waals surface area contributed by atoms with Crippen molar-refractivity contribution in [2.24, 2.45) is 0 Å². The summed E-state index contributed by atoms with van der Waals surface area (Å²) in [7, 11) is 1.57. The van der Waals surface area contributed by atoms with E-state index in [9.17, 15) is 14.4 Å². The molecule has 1 aliphatic heterocycles. The molecule has 8 heteroatoms. The first-order valence-corrected chi connectivity index (χ1v) is 11.2. The molecule has 33 heavy (non-hydrogen) atoms. The number of methoxy groups -OCH3 is 1. The predicted molar refractivity (Wildman–Crippen MR) is 125 cm³/mol. The van der Waals surface area contributed by atoms with Gasteiger partial charge in [0.2, 0.25) is 5.91 Å². The fourth-order valence-corrected chi connectivity index (χ4v) is 4.22. The summed E-state index contributed by atoms with van der Waals surface area (Å²) in [5, 5.41) is 5.85. The topological polar surface area (TPSA) is 97.0 Å². The van der Waals surface area contributed by atoms with Gasteiger partial charge in [-0.15, -0.1) is 0 Å². The third kappa shape index (κ3) is 4.94. The van der Waals surface area contributed by atoms with Gasteiger partial charge in [-0.05, 0) is 69.2 Å². The molecule has 8 nitrogen and oxygen atoms in total. The Bertz CT molecular complexity index is 1060. The SMILES string of the molecule is COc1ccc(NC(=O)CN2C(=O)C(C)(C)Oc3ccc(C(=O)NC4CCCC4)cc32)cc1. The summed E-state index contributed by atoms with van der Waals surface area (Å²) in [5.41, 5.74) is 0.285. The summed E-state index contributed by atoms with van der Waals surface area (Å²) in [6.45, 7) is 3.11. The van der Waals surface area contributed by atoms with E-state index >= 15 is 0 Å². The number of fused-ring (bicyclic) bond motifs is 1. The molecule has 4 rings (SSSR count). The second kappa shape index (κ2) is 9.13. The smallest absolute Gasteiger partial charge is 0.271 e. The van der Waals surface area contributed by atoms with Crippen LogP contribution >= 0.6 is 0 Å². The minimum absolute atomic E-state index is 0.178. The van der Waals surface area contributed by atoms with Crippen LogP contribution in [-0.2, 0) is 9.59 Å². The highest BCUT2D eigenvalue weighted by Gasteiger charge is 2.42. The molecule has 2 N–H and O–H groups in total. The molecule has 1 saturated carbocycles. The second-order valence-electron chi connectivity index (χ2n) is 8.92. The number of rotatable bonds is 6. The largest absolute Gasteiger partial charge is 0.497 e. The zero-order valence-electron chi connectivity index (χ0n) is 19.1. The summed E-state index contributed by atoms with van der Waals surface area (Å²) in [5.74, 6) is 0.223. The maximum absolute atomic E-state index is 13.1. The van der Waals surface area contributed by atoms with Crippen LogP contribution in [0.2, 0.25) is 0 Å². The number of ether oxygens (including phenoxy) is 2. The van der Waals surface area contributed by atoms with Crippen LogP contribution in [0, 0.1) is 0 Å². The Kier molecular flexibility index (Phi) is 6.26. The molecule has 1 aliphatic carbocycles. The van der Waals surface area contributed by atoms with Gasteiger partial charge in [-0.3, -0.25) is 19.3 Å². The highest BCUT2D eigenvalue weighted by Crippen LogP contribution is 2.38. The maximum atomic E-state index is 13.1. The second-order valence-corrected chi connectivity index (χ2v) is 8.92. The molecule has 0 unspecified atom stereocenters. The summed E-state index contributed by atoms with van der Waals surface area (Å²) in [6, 6.07) is 12.1. The Balaban J connectivity index is 1.55. The van der Waals surface area contributed by atoms with Gasteiger partial charge in [-0.2, -0.15) is 0 Å². The van der Waals surface area contributed by atoms with Crippen LogP contribution in [0.5, 0.6) is 11.5 Å². The molecule has 1 heterocycles. The fourth-order valence-electron chi connectivity index (χ4n) is 4.22. The molecule has 174 valence electrons. The highest BCUT2D eigenvalue weighted by atomic mass is 16.5. The van der Waals surface area contributed by atoms with Crippen molar-refractivity contribution in [3.8, 4) is 11.5 Å². The number of carbonyl (C=O) groups is 3. The summed E-state index contributed by atoms with van der Waals surface area (Å²) < 4.78 is 11.0. The third-order valence-corrected chi connectivity index (χ3v) is 6.00. The van der Waals surface area contributed by atoms with Crippen LogP contribution in [0.3, 0.4) is 0 Å². The number of carbonyl (C=O) groups excluding carboxylic acids is 3. The Morgan fingerprint density at radius 1 is 1.12 bits per heavy atom. The first-order chi connectivity index (χ1) is 15.8. The molecule has 2 aliphatic rings. The monoisotopic (exact) mass is 451 g/mol. The fraction of sp³-hybridized carbons (Fsp3) is 0.400. The third-order valence-electron chi connectivity index (χ3n) is 6.00. The van der Waals surface area contributed by atoms with E-state index in [-0.39, 0.29) is 30.3 Å². The average molecular weight is 452 g/mol. The Labute approximate surface area is 193 Å². The molecule has 3 amide bonds. The lowest BCUT2D eigenvalue weighted by molar-refractivity contribution is -0.133. The number of hydrogen-bond acceptors (Lipinski definition) is 5. The minimum Gasteiger partial charge on any atom is -0.497 e. The van der Waals surface area contributed by atoms with Gasteiger partial charge in [-0.25, -0.2) is 0 Å². The normalized spacial score (nSPS) is 17.2. The van der Waals surface area contributed by atoms with Gasteiger partial charge in [-0.1, -0.05) is 12.8 Å². The zero-order chi connectivity index (χ0) is 23.6. The van der Waals surface area contributed by atoms with Crippen molar-refractivity contribution < 1.29 is 23.9 Å². The van der Waals surface area contributed by atoms with Crippen LogP contribution < -0.4 is 25.0 Å². The van der Waals surface area contributed by atoms with Crippen molar-refractivity contribution >= 4 is 29.1 Å². The van der Waals surface area contributed by atoms with E-state index < -0.39 is 5.60 Å². The first kappa shape index (κ1) is 22.6. The van der Waals surface area contributed by atoms with Gasteiger partial charge in [0.25, 0.3) is 11.8 Å². The summed E-state index contributed by atoms with van der Waals surface area (Å²) in [4.78, 5) is 40.1. The zero-order valence-corrected chi connectivity index (χ0v) is 19.1. The molecule has 1 fully saturated rings. The van der Waals surface area contributed by atoms with E-state index in [4.69, 9.17) is 9.47 Å². The Morgan fingerprint density at radius 2 is 1.82 bits per heavy atom. The Morgan fingerprint density at radius 3 is 2.48 bits per heavy atom. The molecule has 2 aromatic carbocycles. The number of nitrogens with one attached hydrogen (secondary N) is 2. The van der Waals surface area contributed by atoms with Crippen LogP contribution in [0.25, 0.3) is 0 Å². The molecule has 0 bridgehead atoms. The van der Waals surface area contributed by atoms with Gasteiger partial charge in [0.05, 0.1) is 12.8 Å². The highest BCUT2D eigenvalue weighted by molar-refractivity contribution is 6.08. The van der Waals surface area contributed by atoms with E-state index in [2.05, 4.69) is 10.6 Å². The molecule has 0 saturated heterocycles. The van der Waals surface area contributed by atoms with Crippen molar-refractivity contribution in [3.63, 3.8) is 0 Å². The van der Waals surface area contributed by atoms with Crippen molar-refractivity contribution in [1.29, 1.82) is 0 Å². The van der Waals surface area contributed by atoms with Crippen LogP contribution in [0.1, 0.15) is 49.9 Å². The first-order valence-electron chi connectivity index (χ1n) is 11.2. The van der Waals surface area contributed by atoms with E-state index in [1.54, 1.807) is 63.4 Å². The molecule has 0 aromatic heterocycles. The minimum atomic E-state index is -1.14. The molecule has 0 spiro atoms. The van der Waals surface area contributed by atoms with Crippen LogP contribution in [-0.4, -0.2) is 43.0 Å². The number of hydrogen-bond donors (Lipinski definition) is 2. The van der Waals surface area contributed by atoms with Gasteiger partial charge < -0.3 is 20.1 Å². The lowest BCUT2D eigenvalue weighted by atomic mass is 10.0. The van der Waals surface area contributed by atoms with Crippen LogP contribution in [0.4, 0.5) is 11.4 Å². The average Bonchev–Trinajstić information content (AvgIpc) is 3.30. The van der Waals surface area contributed by atoms with E-state index in [0.29, 0.717) is 28.4 Å². The van der Waals surface area contributed by atoms with Crippen molar-refractivity contribution in [3.05, 3.63) is 48.0 Å². The lowest BCUT2D eigenvalue weighted by Crippen LogP contribution is -2.54. The standard InChI is InChI=1S/C25H29N3O5/c1-25(2)24(31)28(15-22(29)26-18-9-11-19(32-3)12-10-18)20-14-16(8-13-21(20)33-25)23(30)27-17-6-4-5-7-17/h8-14,17H,4-7,15H2,1-3H3,(H,26,29)(H,27,30). The van der Waals surface area contributed by atoms with Crippen molar-refractivity contribution in [2.45, 2.75) is 51.2 Å². The quantitative estimate of drug-likeness (QED) is 0.701. The van der Waals surface area contributed by atoms with Gasteiger partial charge >= 0.3 is 0 Å².